The van der Waals surface area contributed by atoms with E-state index < -0.39 is 5.41 Å². The summed E-state index contributed by atoms with van der Waals surface area (Å²) in [5, 5.41) is 0. The molecule has 1 amide bonds. The molecule has 3 rings (SSSR count). The van der Waals surface area contributed by atoms with Crippen molar-refractivity contribution in [1.29, 1.82) is 0 Å². The van der Waals surface area contributed by atoms with Gasteiger partial charge in [0.25, 0.3) is 0 Å². The van der Waals surface area contributed by atoms with Gasteiger partial charge in [-0.15, -0.1) is 0 Å². The van der Waals surface area contributed by atoms with E-state index in [0.717, 1.165) is 37.3 Å². The molecule has 0 bridgehead atoms. The van der Waals surface area contributed by atoms with Crippen molar-refractivity contribution in [2.24, 2.45) is 11.1 Å². The van der Waals surface area contributed by atoms with Crippen molar-refractivity contribution in [2.45, 2.75) is 19.8 Å². The second-order valence-corrected chi connectivity index (χ2v) is 5.21. The first kappa shape index (κ1) is 11.9. The molecule has 0 aromatic carbocycles. The number of aromatic amines is 1. The number of nitrogens with two attached hydrogens (primary N) is 1. The molecule has 0 aliphatic carbocycles. The van der Waals surface area contributed by atoms with E-state index in [-0.39, 0.29) is 5.91 Å². The van der Waals surface area contributed by atoms with Gasteiger partial charge in [-0.05, 0) is 12.8 Å². The quantitative estimate of drug-likeness (QED) is 0.816. The fraction of sp³-hybridized carbons (Fsp3) is 0.500. The van der Waals surface area contributed by atoms with Gasteiger partial charge in [0.1, 0.15) is 11.8 Å². The Morgan fingerprint density at radius 2 is 2.11 bits per heavy atom. The van der Waals surface area contributed by atoms with Crippen LogP contribution in [0.4, 0.5) is 5.82 Å². The Kier molecular flexibility index (Phi) is 2.62. The van der Waals surface area contributed by atoms with Crippen molar-refractivity contribution >= 4 is 22.9 Å². The van der Waals surface area contributed by atoms with Crippen LogP contribution in [0.1, 0.15) is 19.8 Å². The van der Waals surface area contributed by atoms with Crippen LogP contribution >= 0.6 is 0 Å². The van der Waals surface area contributed by atoms with Crippen molar-refractivity contribution in [3.05, 3.63) is 12.7 Å². The number of nitrogens with one attached hydrogen (secondary N) is 1. The van der Waals surface area contributed by atoms with Gasteiger partial charge in [0.15, 0.2) is 11.5 Å². The van der Waals surface area contributed by atoms with E-state index in [9.17, 15) is 4.79 Å². The van der Waals surface area contributed by atoms with Crippen LogP contribution < -0.4 is 10.6 Å². The lowest BCUT2D eigenvalue weighted by Gasteiger charge is -2.37. The molecular weight excluding hydrogens is 244 g/mol. The number of H-pyrrole nitrogens is 1. The minimum atomic E-state index is -0.406. The third-order valence-corrected chi connectivity index (χ3v) is 3.96. The summed E-state index contributed by atoms with van der Waals surface area (Å²) in [4.78, 5) is 29.2. The average molecular weight is 260 g/mol. The molecule has 1 aliphatic heterocycles. The minimum absolute atomic E-state index is 0.221. The summed E-state index contributed by atoms with van der Waals surface area (Å²) < 4.78 is 0. The Morgan fingerprint density at radius 3 is 2.79 bits per heavy atom. The average Bonchev–Trinajstić information content (AvgIpc) is 2.87. The summed E-state index contributed by atoms with van der Waals surface area (Å²) in [7, 11) is 0. The maximum atomic E-state index is 11.5. The van der Waals surface area contributed by atoms with Crippen molar-refractivity contribution in [3.63, 3.8) is 0 Å². The molecule has 7 heteroatoms. The minimum Gasteiger partial charge on any atom is -0.369 e. The first-order chi connectivity index (χ1) is 9.10. The van der Waals surface area contributed by atoms with Gasteiger partial charge in [0.2, 0.25) is 5.91 Å². The number of aromatic nitrogens is 4. The smallest absolute Gasteiger partial charge is 0.223 e. The Balaban J connectivity index is 1.86. The Hall–Kier alpha value is -2.18. The number of amides is 1. The molecule has 3 heterocycles. The van der Waals surface area contributed by atoms with Crippen LogP contribution in [0.25, 0.3) is 11.2 Å². The van der Waals surface area contributed by atoms with Gasteiger partial charge >= 0.3 is 0 Å². The van der Waals surface area contributed by atoms with Crippen molar-refractivity contribution in [3.8, 4) is 0 Å². The number of fused-ring (bicyclic) bond motifs is 1. The number of primary amides is 1. The maximum Gasteiger partial charge on any atom is 0.223 e. The van der Waals surface area contributed by atoms with Gasteiger partial charge < -0.3 is 15.6 Å². The second kappa shape index (κ2) is 4.18. The monoisotopic (exact) mass is 260 g/mol. The van der Waals surface area contributed by atoms with E-state index in [2.05, 4.69) is 24.8 Å². The SMILES string of the molecule is CC1(C(N)=O)CCN(c2ncnc3nc[nH]c23)CC1. The molecule has 0 saturated carbocycles. The number of carbonyl (C=O) groups excluding carboxylic acids is 1. The summed E-state index contributed by atoms with van der Waals surface area (Å²) in [6.45, 7) is 3.44. The van der Waals surface area contributed by atoms with E-state index in [0.29, 0.717) is 5.65 Å². The Bertz CT molecular complexity index is 613. The first-order valence-corrected chi connectivity index (χ1v) is 6.29. The molecule has 2 aromatic heterocycles. The van der Waals surface area contributed by atoms with E-state index in [1.807, 2.05) is 6.92 Å². The summed E-state index contributed by atoms with van der Waals surface area (Å²) in [6.07, 6.45) is 4.60. The largest absolute Gasteiger partial charge is 0.369 e. The third-order valence-electron chi connectivity index (χ3n) is 3.96. The topological polar surface area (TPSA) is 101 Å². The van der Waals surface area contributed by atoms with Crippen LogP contribution in [0.15, 0.2) is 12.7 Å². The number of rotatable bonds is 2. The van der Waals surface area contributed by atoms with Crippen LogP contribution in [0.3, 0.4) is 0 Å². The maximum absolute atomic E-state index is 11.5. The highest BCUT2D eigenvalue weighted by Gasteiger charge is 2.35. The molecule has 0 atom stereocenters. The van der Waals surface area contributed by atoms with Gasteiger partial charge in [-0.2, -0.15) is 0 Å². The molecule has 0 spiro atoms. The first-order valence-electron chi connectivity index (χ1n) is 6.29. The number of anilines is 1. The molecule has 1 saturated heterocycles. The summed E-state index contributed by atoms with van der Waals surface area (Å²) in [6, 6.07) is 0. The molecule has 0 radical (unpaired) electrons. The van der Waals surface area contributed by atoms with Crippen LogP contribution in [0.5, 0.6) is 0 Å². The highest BCUT2D eigenvalue weighted by atomic mass is 16.1. The zero-order chi connectivity index (χ0) is 13.5. The standard InChI is InChI=1S/C12H16N6O/c1-12(11(13)19)2-4-18(5-3-12)10-8-9(15-6-14-8)16-7-17-10/h6-7H,2-5H2,1H3,(H2,13,19)(H,14,15,16,17). The van der Waals surface area contributed by atoms with Gasteiger partial charge in [-0.3, -0.25) is 4.79 Å². The number of hydrogen-bond donors (Lipinski definition) is 2. The predicted molar refractivity (Wildman–Crippen MR) is 70.4 cm³/mol. The second-order valence-electron chi connectivity index (χ2n) is 5.21. The van der Waals surface area contributed by atoms with Crippen molar-refractivity contribution in [2.75, 3.05) is 18.0 Å². The third kappa shape index (κ3) is 1.91. The Labute approximate surface area is 110 Å². The molecular formula is C12H16N6O. The van der Waals surface area contributed by atoms with Crippen LogP contribution in [0.2, 0.25) is 0 Å². The molecule has 100 valence electrons. The van der Waals surface area contributed by atoms with Gasteiger partial charge in [-0.25, -0.2) is 15.0 Å². The molecule has 3 N–H and O–H groups in total. The predicted octanol–water partition coefficient (Wildman–Crippen LogP) is 0.445. The fourth-order valence-electron chi connectivity index (χ4n) is 2.45. The Morgan fingerprint density at radius 1 is 1.37 bits per heavy atom. The molecule has 1 fully saturated rings. The number of hydrogen-bond acceptors (Lipinski definition) is 5. The summed E-state index contributed by atoms with van der Waals surface area (Å²) in [5.41, 5.74) is 6.55. The lowest BCUT2D eigenvalue weighted by molar-refractivity contribution is -0.127. The van der Waals surface area contributed by atoms with E-state index >= 15 is 0 Å². The van der Waals surface area contributed by atoms with Crippen molar-refractivity contribution in [1.82, 2.24) is 19.9 Å². The molecule has 2 aromatic rings. The van der Waals surface area contributed by atoms with E-state index in [4.69, 9.17) is 5.73 Å². The number of carbonyl (C=O) groups is 1. The lowest BCUT2D eigenvalue weighted by atomic mass is 9.80. The number of imidazole rings is 1. The zero-order valence-corrected chi connectivity index (χ0v) is 10.8. The van der Waals surface area contributed by atoms with Gasteiger partial charge in [0.05, 0.1) is 6.33 Å². The van der Waals surface area contributed by atoms with E-state index in [1.54, 1.807) is 6.33 Å². The van der Waals surface area contributed by atoms with Crippen LogP contribution in [0, 0.1) is 5.41 Å². The van der Waals surface area contributed by atoms with Gasteiger partial charge in [0, 0.05) is 18.5 Å². The fourth-order valence-corrected chi connectivity index (χ4v) is 2.45. The zero-order valence-electron chi connectivity index (χ0n) is 10.8. The van der Waals surface area contributed by atoms with Crippen molar-refractivity contribution < 1.29 is 4.79 Å². The summed E-state index contributed by atoms with van der Waals surface area (Å²) in [5.74, 6) is 0.621. The van der Waals surface area contributed by atoms with E-state index in [1.165, 1.54) is 6.33 Å². The molecule has 1 aliphatic rings. The number of nitrogens with zero attached hydrogens (tertiary/aromatic N) is 4. The number of piperidine rings is 1. The van der Waals surface area contributed by atoms with Crippen LogP contribution in [-0.4, -0.2) is 38.9 Å². The highest BCUT2D eigenvalue weighted by Crippen LogP contribution is 2.33. The normalized spacial score (nSPS) is 18.7. The highest BCUT2D eigenvalue weighted by molar-refractivity contribution is 5.83. The molecule has 19 heavy (non-hydrogen) atoms. The molecule has 0 unspecified atom stereocenters. The molecule has 7 nitrogen and oxygen atoms in total. The summed E-state index contributed by atoms with van der Waals surface area (Å²) >= 11 is 0. The van der Waals surface area contributed by atoms with Gasteiger partial charge in [-0.1, -0.05) is 6.92 Å². The lowest BCUT2D eigenvalue weighted by Crippen LogP contribution is -2.45. The van der Waals surface area contributed by atoms with Crippen LogP contribution in [-0.2, 0) is 4.79 Å².